The fraction of sp³-hybridized carbons (Fsp3) is 0.353. The number of carbonyl (C=O) groups excluding carboxylic acids is 1. The van der Waals surface area contributed by atoms with Crippen molar-refractivity contribution in [1.82, 2.24) is 9.80 Å². The van der Waals surface area contributed by atoms with Gasteiger partial charge in [0, 0.05) is 32.7 Å². The zero-order valence-electron chi connectivity index (χ0n) is 12.0. The Morgan fingerprint density at radius 3 is 2.43 bits per heavy atom. The highest BCUT2D eigenvalue weighted by molar-refractivity contribution is 5.83. The van der Waals surface area contributed by atoms with Crippen LogP contribution in [0.25, 0.3) is 10.8 Å². The Morgan fingerprint density at radius 1 is 1.00 bits per heavy atom. The average molecular weight is 284 g/mol. The molecule has 0 spiro atoms. The molecule has 0 saturated carbocycles. The summed E-state index contributed by atoms with van der Waals surface area (Å²) in [6, 6.07) is 14.9. The number of aliphatic hydroxyl groups is 1. The van der Waals surface area contributed by atoms with Crippen LogP contribution in [0, 0.1) is 0 Å². The zero-order chi connectivity index (χ0) is 14.7. The molecule has 0 unspecified atom stereocenters. The third-order valence-electron chi connectivity index (χ3n) is 4.08. The summed E-state index contributed by atoms with van der Waals surface area (Å²) >= 11 is 0. The third-order valence-corrected chi connectivity index (χ3v) is 4.08. The van der Waals surface area contributed by atoms with Gasteiger partial charge in [0.1, 0.15) is 6.61 Å². The van der Waals surface area contributed by atoms with Crippen LogP contribution in [0.1, 0.15) is 5.56 Å². The Bertz CT molecular complexity index is 633. The summed E-state index contributed by atoms with van der Waals surface area (Å²) < 4.78 is 0. The number of hydrogen-bond donors (Lipinski definition) is 1. The lowest BCUT2D eigenvalue weighted by Gasteiger charge is -2.34. The average Bonchev–Trinajstić information content (AvgIpc) is 2.55. The van der Waals surface area contributed by atoms with Crippen molar-refractivity contribution in [3.63, 3.8) is 0 Å². The number of carbonyl (C=O) groups is 1. The SMILES string of the molecule is O=C(CO)N1CCN(Cc2ccc3ccccc3c2)CC1. The van der Waals surface area contributed by atoms with Crippen molar-refractivity contribution in [2.45, 2.75) is 6.54 Å². The van der Waals surface area contributed by atoms with Gasteiger partial charge < -0.3 is 10.0 Å². The maximum Gasteiger partial charge on any atom is 0.248 e. The first kappa shape index (κ1) is 14.0. The molecule has 1 fully saturated rings. The largest absolute Gasteiger partial charge is 0.387 e. The molecule has 0 aromatic heterocycles. The fourth-order valence-electron chi connectivity index (χ4n) is 2.85. The van der Waals surface area contributed by atoms with Crippen molar-refractivity contribution in [1.29, 1.82) is 0 Å². The highest BCUT2D eigenvalue weighted by Crippen LogP contribution is 2.17. The van der Waals surface area contributed by atoms with Crippen LogP contribution < -0.4 is 0 Å². The maximum atomic E-state index is 11.4. The van der Waals surface area contributed by atoms with E-state index in [2.05, 4.69) is 47.4 Å². The van der Waals surface area contributed by atoms with Gasteiger partial charge in [-0.25, -0.2) is 0 Å². The molecule has 1 aliphatic rings. The van der Waals surface area contributed by atoms with Gasteiger partial charge in [0.2, 0.25) is 5.91 Å². The second kappa shape index (κ2) is 6.24. The van der Waals surface area contributed by atoms with Gasteiger partial charge in [0.05, 0.1) is 0 Å². The zero-order valence-corrected chi connectivity index (χ0v) is 12.0. The molecule has 0 atom stereocenters. The number of benzene rings is 2. The summed E-state index contributed by atoms with van der Waals surface area (Å²) in [5, 5.41) is 11.4. The van der Waals surface area contributed by atoms with E-state index in [-0.39, 0.29) is 12.5 Å². The first-order chi connectivity index (χ1) is 10.3. The lowest BCUT2D eigenvalue weighted by atomic mass is 10.1. The number of rotatable bonds is 3. The van der Waals surface area contributed by atoms with Gasteiger partial charge in [-0.3, -0.25) is 9.69 Å². The number of nitrogens with zero attached hydrogens (tertiary/aromatic N) is 2. The quantitative estimate of drug-likeness (QED) is 0.928. The number of fused-ring (bicyclic) bond motifs is 1. The molecule has 1 aliphatic heterocycles. The van der Waals surface area contributed by atoms with Crippen molar-refractivity contribution in [3.05, 3.63) is 48.0 Å². The first-order valence-electron chi connectivity index (χ1n) is 7.35. The maximum absolute atomic E-state index is 11.4. The van der Waals surface area contributed by atoms with Gasteiger partial charge in [-0.1, -0.05) is 36.4 Å². The Labute approximate surface area is 124 Å². The normalized spacial score (nSPS) is 16.3. The smallest absolute Gasteiger partial charge is 0.248 e. The molecular weight excluding hydrogens is 264 g/mol. The van der Waals surface area contributed by atoms with Crippen LogP contribution in [0.3, 0.4) is 0 Å². The third kappa shape index (κ3) is 3.23. The minimum Gasteiger partial charge on any atom is -0.387 e. The lowest BCUT2D eigenvalue weighted by Crippen LogP contribution is -2.49. The van der Waals surface area contributed by atoms with Crippen LogP contribution in [0.2, 0.25) is 0 Å². The number of amides is 1. The van der Waals surface area contributed by atoms with Crippen molar-refractivity contribution in [2.75, 3.05) is 32.8 Å². The van der Waals surface area contributed by atoms with E-state index in [0.717, 1.165) is 19.6 Å². The molecule has 2 aromatic rings. The molecule has 3 rings (SSSR count). The molecule has 2 aromatic carbocycles. The lowest BCUT2D eigenvalue weighted by molar-refractivity contribution is -0.135. The van der Waals surface area contributed by atoms with E-state index in [9.17, 15) is 4.79 Å². The fourth-order valence-corrected chi connectivity index (χ4v) is 2.85. The molecule has 0 aliphatic carbocycles. The Morgan fingerprint density at radius 2 is 1.71 bits per heavy atom. The molecule has 0 radical (unpaired) electrons. The van der Waals surface area contributed by atoms with Gasteiger partial charge in [0.15, 0.2) is 0 Å². The van der Waals surface area contributed by atoms with Gasteiger partial charge >= 0.3 is 0 Å². The van der Waals surface area contributed by atoms with Gasteiger partial charge in [0.25, 0.3) is 0 Å². The van der Waals surface area contributed by atoms with E-state index in [1.807, 2.05) is 0 Å². The minimum absolute atomic E-state index is 0.166. The highest BCUT2D eigenvalue weighted by atomic mass is 16.3. The second-order valence-electron chi connectivity index (χ2n) is 5.50. The summed E-state index contributed by atoms with van der Waals surface area (Å²) in [5.41, 5.74) is 1.30. The molecule has 1 saturated heterocycles. The Hall–Kier alpha value is -1.91. The summed E-state index contributed by atoms with van der Waals surface area (Å²) in [7, 11) is 0. The highest BCUT2D eigenvalue weighted by Gasteiger charge is 2.20. The summed E-state index contributed by atoms with van der Waals surface area (Å²) in [6.07, 6.45) is 0. The van der Waals surface area contributed by atoms with Crippen LogP contribution in [0.4, 0.5) is 0 Å². The predicted octanol–water partition coefficient (Wildman–Crippen LogP) is 1.48. The van der Waals surface area contributed by atoms with E-state index in [0.29, 0.717) is 13.1 Å². The minimum atomic E-state index is -0.384. The van der Waals surface area contributed by atoms with Crippen LogP contribution in [0.15, 0.2) is 42.5 Å². The van der Waals surface area contributed by atoms with Crippen LogP contribution in [0.5, 0.6) is 0 Å². The Balaban J connectivity index is 1.63. The monoisotopic (exact) mass is 284 g/mol. The molecule has 110 valence electrons. The summed E-state index contributed by atoms with van der Waals surface area (Å²) in [5.74, 6) is -0.166. The molecular formula is C17H20N2O2. The Kier molecular flexibility index (Phi) is 4.18. The summed E-state index contributed by atoms with van der Waals surface area (Å²) in [4.78, 5) is 15.5. The van der Waals surface area contributed by atoms with E-state index in [1.165, 1.54) is 16.3 Å². The van der Waals surface area contributed by atoms with Crippen LogP contribution in [-0.4, -0.2) is 53.6 Å². The first-order valence-corrected chi connectivity index (χ1v) is 7.35. The molecule has 1 N–H and O–H groups in total. The van der Waals surface area contributed by atoms with Crippen molar-refractivity contribution in [3.8, 4) is 0 Å². The number of aliphatic hydroxyl groups excluding tert-OH is 1. The van der Waals surface area contributed by atoms with Crippen molar-refractivity contribution in [2.24, 2.45) is 0 Å². The van der Waals surface area contributed by atoms with Gasteiger partial charge in [-0.05, 0) is 22.4 Å². The molecule has 4 heteroatoms. The molecule has 0 bridgehead atoms. The molecule has 1 amide bonds. The standard InChI is InChI=1S/C17H20N2O2/c20-13-17(21)19-9-7-18(8-10-19)12-14-5-6-15-3-1-2-4-16(15)11-14/h1-6,11,20H,7-10,12-13H2. The summed E-state index contributed by atoms with van der Waals surface area (Å²) in [6.45, 7) is 3.65. The van der Waals surface area contributed by atoms with Gasteiger partial charge in [-0.2, -0.15) is 0 Å². The molecule has 21 heavy (non-hydrogen) atoms. The topological polar surface area (TPSA) is 43.8 Å². The molecule has 4 nitrogen and oxygen atoms in total. The van der Waals surface area contributed by atoms with Crippen molar-refractivity contribution < 1.29 is 9.90 Å². The second-order valence-corrected chi connectivity index (χ2v) is 5.50. The molecule has 1 heterocycles. The number of piperazine rings is 1. The van der Waals surface area contributed by atoms with Crippen molar-refractivity contribution >= 4 is 16.7 Å². The number of hydrogen-bond acceptors (Lipinski definition) is 3. The van der Waals surface area contributed by atoms with Gasteiger partial charge in [-0.15, -0.1) is 0 Å². The van der Waals surface area contributed by atoms with E-state index < -0.39 is 0 Å². The van der Waals surface area contributed by atoms with Crippen LogP contribution >= 0.6 is 0 Å². The van der Waals surface area contributed by atoms with E-state index in [4.69, 9.17) is 5.11 Å². The van der Waals surface area contributed by atoms with E-state index >= 15 is 0 Å². The van der Waals surface area contributed by atoms with E-state index in [1.54, 1.807) is 4.90 Å². The van der Waals surface area contributed by atoms with Crippen LogP contribution in [-0.2, 0) is 11.3 Å². The predicted molar refractivity (Wildman–Crippen MR) is 82.9 cm³/mol.